The van der Waals surface area contributed by atoms with Gasteiger partial charge in [0, 0.05) is 31.8 Å². The van der Waals surface area contributed by atoms with E-state index in [-0.39, 0.29) is 5.69 Å². The van der Waals surface area contributed by atoms with Gasteiger partial charge in [0.15, 0.2) is 11.6 Å². The number of rotatable bonds is 5. The first-order valence-electron chi connectivity index (χ1n) is 11.8. The molecule has 11 heteroatoms. The van der Waals surface area contributed by atoms with Crippen molar-refractivity contribution in [3.8, 4) is 11.5 Å². The highest BCUT2D eigenvalue weighted by atomic mass is 19.1. The van der Waals surface area contributed by atoms with Crippen molar-refractivity contribution in [3.63, 3.8) is 0 Å². The largest absolute Gasteiger partial charge is 0.457 e. The normalized spacial score (nSPS) is 13.9. The van der Waals surface area contributed by atoms with Gasteiger partial charge < -0.3 is 15.0 Å². The van der Waals surface area contributed by atoms with Gasteiger partial charge in [-0.3, -0.25) is 0 Å². The van der Waals surface area contributed by atoms with Crippen LogP contribution in [0.15, 0.2) is 42.9 Å². The summed E-state index contributed by atoms with van der Waals surface area (Å²) in [4.78, 5) is 20.0. The molecule has 1 aliphatic rings. The number of ether oxygens (including phenoxy) is 1. The van der Waals surface area contributed by atoms with E-state index in [1.54, 1.807) is 36.0 Å². The standard InChI is InChI=1S/C25H24FN9O/c1-15-21(36-16-6-8-20-18(12-16)32-33-34(20)2)9-7-17(22(15)26)30-24-23-19(28-14-29-24)13-27-25(31-23)35-10-4-3-5-11-35/h6-9,12-14H,3-5,10-11H2,1-2H3,(H,28,29,30). The maximum absolute atomic E-state index is 15.4. The van der Waals surface area contributed by atoms with Crippen LogP contribution in [0.25, 0.3) is 22.1 Å². The number of benzene rings is 2. The summed E-state index contributed by atoms with van der Waals surface area (Å²) in [6.45, 7) is 3.51. The molecule has 0 amide bonds. The molecule has 36 heavy (non-hydrogen) atoms. The van der Waals surface area contributed by atoms with Crippen molar-refractivity contribution in [2.45, 2.75) is 26.2 Å². The van der Waals surface area contributed by atoms with E-state index in [9.17, 15) is 0 Å². The molecule has 0 atom stereocenters. The molecule has 0 aliphatic carbocycles. The molecular weight excluding hydrogens is 461 g/mol. The Morgan fingerprint density at radius 3 is 2.72 bits per heavy atom. The summed E-state index contributed by atoms with van der Waals surface area (Å²) in [7, 11) is 1.82. The zero-order valence-electron chi connectivity index (χ0n) is 19.9. The highest BCUT2D eigenvalue weighted by molar-refractivity contribution is 5.87. The van der Waals surface area contributed by atoms with Crippen LogP contribution < -0.4 is 15.0 Å². The van der Waals surface area contributed by atoms with Crippen molar-refractivity contribution in [1.29, 1.82) is 0 Å². The monoisotopic (exact) mass is 485 g/mol. The number of aromatic nitrogens is 7. The van der Waals surface area contributed by atoms with Crippen molar-refractivity contribution in [1.82, 2.24) is 34.9 Å². The lowest BCUT2D eigenvalue weighted by Gasteiger charge is -2.26. The third-order valence-corrected chi connectivity index (χ3v) is 6.40. The molecule has 0 saturated carbocycles. The second-order valence-electron chi connectivity index (χ2n) is 8.81. The first kappa shape index (κ1) is 22.1. The smallest absolute Gasteiger partial charge is 0.226 e. The van der Waals surface area contributed by atoms with Crippen LogP contribution in [0.3, 0.4) is 0 Å². The van der Waals surface area contributed by atoms with Crippen LogP contribution in [0.1, 0.15) is 24.8 Å². The van der Waals surface area contributed by atoms with Crippen LogP contribution in [0.4, 0.5) is 21.8 Å². The molecule has 1 N–H and O–H groups in total. The Kier molecular flexibility index (Phi) is 5.51. The number of anilines is 3. The van der Waals surface area contributed by atoms with Gasteiger partial charge in [0.2, 0.25) is 5.95 Å². The van der Waals surface area contributed by atoms with E-state index in [1.807, 2.05) is 19.2 Å². The Balaban J connectivity index is 1.28. The molecular formula is C25H24FN9O. The van der Waals surface area contributed by atoms with Gasteiger partial charge in [0.05, 0.1) is 17.4 Å². The van der Waals surface area contributed by atoms with Crippen LogP contribution in [0.2, 0.25) is 0 Å². The van der Waals surface area contributed by atoms with Gasteiger partial charge in [-0.2, -0.15) is 0 Å². The van der Waals surface area contributed by atoms with Gasteiger partial charge in [-0.05, 0) is 50.5 Å². The molecule has 1 fully saturated rings. The fourth-order valence-electron chi connectivity index (χ4n) is 4.40. The number of fused-ring (bicyclic) bond motifs is 2. The fourth-order valence-corrected chi connectivity index (χ4v) is 4.40. The minimum Gasteiger partial charge on any atom is -0.457 e. The van der Waals surface area contributed by atoms with Crippen LogP contribution >= 0.6 is 0 Å². The second kappa shape index (κ2) is 8.99. The Labute approximate surface area is 206 Å². The van der Waals surface area contributed by atoms with Gasteiger partial charge >= 0.3 is 0 Å². The van der Waals surface area contributed by atoms with E-state index >= 15 is 4.39 Å². The van der Waals surface area contributed by atoms with Crippen molar-refractivity contribution in [2.75, 3.05) is 23.3 Å². The lowest BCUT2D eigenvalue weighted by molar-refractivity contribution is 0.472. The maximum atomic E-state index is 15.4. The van der Waals surface area contributed by atoms with Gasteiger partial charge in [-0.15, -0.1) is 5.10 Å². The molecule has 5 aromatic rings. The van der Waals surface area contributed by atoms with E-state index in [1.165, 1.54) is 12.7 Å². The summed E-state index contributed by atoms with van der Waals surface area (Å²) in [5, 5.41) is 11.2. The molecule has 3 aromatic heterocycles. The lowest BCUT2D eigenvalue weighted by Crippen LogP contribution is -2.31. The Morgan fingerprint density at radius 2 is 1.86 bits per heavy atom. The molecule has 1 saturated heterocycles. The van der Waals surface area contributed by atoms with Crippen molar-refractivity contribution in [2.24, 2.45) is 7.05 Å². The van der Waals surface area contributed by atoms with E-state index in [0.717, 1.165) is 31.4 Å². The third-order valence-electron chi connectivity index (χ3n) is 6.40. The molecule has 0 spiro atoms. The molecule has 0 bridgehead atoms. The first-order valence-corrected chi connectivity index (χ1v) is 11.8. The number of nitrogens with one attached hydrogen (secondary N) is 1. The second-order valence-corrected chi connectivity index (χ2v) is 8.81. The van der Waals surface area contributed by atoms with E-state index in [0.29, 0.717) is 45.4 Å². The minimum atomic E-state index is -0.440. The number of hydrogen-bond acceptors (Lipinski definition) is 9. The molecule has 1 aliphatic heterocycles. The number of aryl methyl sites for hydroxylation is 1. The number of piperidine rings is 1. The molecule has 6 rings (SSSR count). The third kappa shape index (κ3) is 4.02. The fraction of sp³-hybridized carbons (Fsp3) is 0.280. The van der Waals surface area contributed by atoms with E-state index < -0.39 is 5.82 Å². The summed E-state index contributed by atoms with van der Waals surface area (Å²) in [5.41, 5.74) is 3.35. The quantitative estimate of drug-likeness (QED) is 0.380. The maximum Gasteiger partial charge on any atom is 0.226 e. The van der Waals surface area contributed by atoms with Gasteiger partial charge in [-0.1, -0.05) is 5.21 Å². The zero-order valence-corrected chi connectivity index (χ0v) is 19.9. The molecule has 2 aromatic carbocycles. The van der Waals surface area contributed by atoms with Crippen LogP contribution in [-0.2, 0) is 7.05 Å². The summed E-state index contributed by atoms with van der Waals surface area (Å²) >= 11 is 0. The molecule has 4 heterocycles. The highest BCUT2D eigenvalue weighted by Gasteiger charge is 2.18. The molecule has 0 radical (unpaired) electrons. The summed E-state index contributed by atoms with van der Waals surface area (Å²) < 4.78 is 23.1. The SMILES string of the molecule is Cc1c(Oc2ccc3c(c2)nnn3C)ccc(Nc2ncnc3cnc(N4CCCCC4)nc23)c1F. The van der Waals surface area contributed by atoms with Crippen LogP contribution in [0.5, 0.6) is 11.5 Å². The van der Waals surface area contributed by atoms with E-state index in [2.05, 4.69) is 35.5 Å². The van der Waals surface area contributed by atoms with E-state index in [4.69, 9.17) is 9.72 Å². The molecule has 10 nitrogen and oxygen atoms in total. The molecule has 182 valence electrons. The average molecular weight is 486 g/mol. The summed E-state index contributed by atoms with van der Waals surface area (Å²) in [6.07, 6.45) is 6.55. The predicted molar refractivity (Wildman–Crippen MR) is 134 cm³/mol. The Bertz CT molecular complexity index is 1580. The summed E-state index contributed by atoms with van der Waals surface area (Å²) in [5.74, 6) is 1.57. The minimum absolute atomic E-state index is 0.266. The van der Waals surface area contributed by atoms with Crippen LogP contribution in [-0.4, -0.2) is 48.0 Å². The predicted octanol–water partition coefficient (Wildman–Crippen LogP) is 4.68. The summed E-state index contributed by atoms with van der Waals surface area (Å²) in [6, 6.07) is 8.80. The number of nitrogens with zero attached hydrogens (tertiary/aromatic N) is 8. The topological polar surface area (TPSA) is 107 Å². The number of halogens is 1. The lowest BCUT2D eigenvalue weighted by atomic mass is 10.1. The molecule has 0 unspecified atom stereocenters. The Hall–Kier alpha value is -4.41. The Morgan fingerprint density at radius 1 is 1.00 bits per heavy atom. The van der Waals surface area contributed by atoms with Crippen molar-refractivity contribution in [3.05, 3.63) is 54.2 Å². The van der Waals surface area contributed by atoms with Crippen molar-refractivity contribution < 1.29 is 9.13 Å². The van der Waals surface area contributed by atoms with Crippen molar-refractivity contribution >= 4 is 39.5 Å². The van der Waals surface area contributed by atoms with Gasteiger partial charge in [-0.25, -0.2) is 29.0 Å². The van der Waals surface area contributed by atoms with Gasteiger partial charge in [0.25, 0.3) is 0 Å². The zero-order chi connectivity index (χ0) is 24.6. The first-order chi connectivity index (χ1) is 17.6. The highest BCUT2D eigenvalue weighted by Crippen LogP contribution is 2.33. The van der Waals surface area contributed by atoms with Gasteiger partial charge in [0.1, 0.15) is 34.4 Å². The van der Waals surface area contributed by atoms with Crippen LogP contribution in [0, 0.1) is 12.7 Å². The average Bonchev–Trinajstić information content (AvgIpc) is 3.28. The number of hydrogen-bond donors (Lipinski definition) is 1.